The van der Waals surface area contributed by atoms with E-state index in [2.05, 4.69) is 5.16 Å². The zero-order valence-electron chi connectivity index (χ0n) is 18.0. The van der Waals surface area contributed by atoms with Crippen molar-refractivity contribution in [3.05, 3.63) is 92.0 Å². The number of hydrogen-bond acceptors (Lipinski definition) is 5. The Kier molecular flexibility index (Phi) is 4.89. The highest BCUT2D eigenvalue weighted by Gasteiger charge is 2.47. The number of nitrogens with zero attached hydrogens (tertiary/aromatic N) is 4. The number of benzene rings is 3. The normalized spacial score (nSPS) is 14.9. The van der Waals surface area contributed by atoms with Gasteiger partial charge in [0.1, 0.15) is 0 Å². The molecule has 0 fully saturated rings. The highest BCUT2D eigenvalue weighted by molar-refractivity contribution is 6.38. The monoisotopic (exact) mass is 466 g/mol. The lowest BCUT2D eigenvalue weighted by Crippen LogP contribution is -2.49. The van der Waals surface area contributed by atoms with E-state index in [1.54, 1.807) is 11.1 Å². The minimum absolute atomic E-state index is 0.228. The third-order valence-electron chi connectivity index (χ3n) is 5.83. The molecule has 0 spiro atoms. The maximum Gasteiger partial charge on any atom is 0.277 e. The van der Waals surface area contributed by atoms with Crippen LogP contribution < -0.4 is 10.0 Å². The number of para-hydroxylation sites is 2. The van der Waals surface area contributed by atoms with Crippen LogP contribution in [-0.4, -0.2) is 17.0 Å². The Hall–Kier alpha value is -3.06. The van der Waals surface area contributed by atoms with E-state index in [0.717, 1.165) is 33.5 Å². The van der Waals surface area contributed by atoms with Crippen LogP contribution in [0.15, 0.2) is 53.7 Å². The van der Waals surface area contributed by atoms with Crippen LogP contribution in [0.3, 0.4) is 0 Å². The number of amidine groups is 1. The summed E-state index contributed by atoms with van der Waals surface area (Å²) in [5.74, 6) is 0.282. The van der Waals surface area contributed by atoms with Gasteiger partial charge in [0.15, 0.2) is 0 Å². The molecular weight excluding hydrogens is 447 g/mol. The van der Waals surface area contributed by atoms with Gasteiger partial charge >= 0.3 is 0 Å². The predicted octanol–water partition coefficient (Wildman–Crippen LogP) is 6.13. The average Bonchev–Trinajstić information content (AvgIpc) is 3.34. The first-order valence-electron chi connectivity index (χ1n) is 10.1. The quantitative estimate of drug-likeness (QED) is 0.455. The molecule has 2 aliphatic heterocycles. The number of amides is 1. The second-order valence-electron chi connectivity index (χ2n) is 7.91. The number of oxime groups is 1. The Morgan fingerprint density at radius 2 is 1.53 bits per heavy atom. The Labute approximate surface area is 196 Å². The van der Waals surface area contributed by atoms with Gasteiger partial charge in [0.05, 0.1) is 16.7 Å². The molecule has 3 aromatic rings. The standard InChI is InChI=1S/C24H20Cl2N4O2/c1-13-8-7-9-17(12-13)24(31)29-19-11-6-5-10-18(19)28-23(27-32-30(28)29)20-14(2)21(25)16(4)22(26)15(20)3/h5-12H,1-4H3. The molecule has 0 bridgehead atoms. The van der Waals surface area contributed by atoms with E-state index in [4.69, 9.17) is 28.1 Å². The van der Waals surface area contributed by atoms with Gasteiger partial charge in [0.2, 0.25) is 5.84 Å². The van der Waals surface area contributed by atoms with Crippen molar-refractivity contribution in [1.82, 2.24) is 5.28 Å². The summed E-state index contributed by atoms with van der Waals surface area (Å²) in [4.78, 5) is 19.2. The number of rotatable bonds is 2. The molecule has 6 nitrogen and oxygen atoms in total. The first kappa shape index (κ1) is 20.8. The van der Waals surface area contributed by atoms with Crippen LogP contribution in [-0.2, 0) is 4.94 Å². The Morgan fingerprint density at radius 1 is 0.875 bits per heavy atom. The van der Waals surface area contributed by atoms with Gasteiger partial charge < -0.3 is 0 Å². The van der Waals surface area contributed by atoms with Crippen molar-refractivity contribution in [3.63, 3.8) is 0 Å². The van der Waals surface area contributed by atoms with Crippen LogP contribution in [0.5, 0.6) is 0 Å². The predicted molar refractivity (Wildman–Crippen MR) is 127 cm³/mol. The summed E-state index contributed by atoms with van der Waals surface area (Å²) in [6.07, 6.45) is 0. The van der Waals surface area contributed by atoms with Crippen LogP contribution in [0.4, 0.5) is 11.4 Å². The number of hydrazine groups is 2. The van der Waals surface area contributed by atoms with Gasteiger partial charge in [0.25, 0.3) is 5.91 Å². The zero-order valence-corrected chi connectivity index (χ0v) is 19.5. The number of aryl methyl sites for hydroxylation is 1. The number of carbonyl (C=O) groups is 1. The van der Waals surface area contributed by atoms with Crippen molar-refractivity contribution >= 4 is 46.3 Å². The Morgan fingerprint density at radius 3 is 2.19 bits per heavy atom. The van der Waals surface area contributed by atoms with E-state index < -0.39 is 0 Å². The first-order chi connectivity index (χ1) is 15.3. The fraction of sp³-hybridized carbons (Fsp3) is 0.167. The Bertz CT molecular complexity index is 1290. The molecule has 0 atom stereocenters. The largest absolute Gasteiger partial charge is 0.277 e. The summed E-state index contributed by atoms with van der Waals surface area (Å²) >= 11 is 13.2. The van der Waals surface area contributed by atoms with Crippen molar-refractivity contribution in [1.29, 1.82) is 0 Å². The lowest BCUT2D eigenvalue weighted by molar-refractivity contribution is -0.135. The third kappa shape index (κ3) is 2.91. The van der Waals surface area contributed by atoms with E-state index in [0.29, 0.717) is 27.1 Å². The maximum atomic E-state index is 13.5. The van der Waals surface area contributed by atoms with Crippen molar-refractivity contribution in [2.45, 2.75) is 27.7 Å². The highest BCUT2D eigenvalue weighted by atomic mass is 35.5. The Balaban J connectivity index is 1.64. The lowest BCUT2D eigenvalue weighted by atomic mass is 9.98. The number of fused-ring (bicyclic) bond motifs is 3. The molecule has 0 radical (unpaired) electrons. The number of hydrogen-bond donors (Lipinski definition) is 0. The summed E-state index contributed by atoms with van der Waals surface area (Å²) in [6.45, 7) is 7.69. The summed E-state index contributed by atoms with van der Waals surface area (Å²) in [7, 11) is 0. The van der Waals surface area contributed by atoms with Crippen LogP contribution in [0.25, 0.3) is 0 Å². The van der Waals surface area contributed by atoms with E-state index in [9.17, 15) is 4.79 Å². The van der Waals surface area contributed by atoms with Crippen LogP contribution in [0.1, 0.15) is 38.2 Å². The van der Waals surface area contributed by atoms with Gasteiger partial charge in [-0.15, -0.1) is 0 Å². The number of carbonyl (C=O) groups excluding carboxylic acids is 1. The van der Waals surface area contributed by atoms with Gasteiger partial charge in [0, 0.05) is 21.2 Å². The van der Waals surface area contributed by atoms with Gasteiger partial charge in [-0.2, -0.15) is 10.0 Å². The highest BCUT2D eigenvalue weighted by Crippen LogP contribution is 2.44. The molecule has 32 heavy (non-hydrogen) atoms. The molecule has 0 saturated heterocycles. The molecule has 0 unspecified atom stereocenters. The van der Waals surface area contributed by atoms with Gasteiger partial charge in [-0.05, 0) is 73.8 Å². The van der Waals surface area contributed by atoms with Gasteiger partial charge in [-0.1, -0.05) is 53.0 Å². The third-order valence-corrected chi connectivity index (χ3v) is 6.96. The van der Waals surface area contributed by atoms with Gasteiger partial charge in [-0.25, -0.2) is 0 Å². The molecular formula is C24H20Cl2N4O2. The van der Waals surface area contributed by atoms with Crippen molar-refractivity contribution in [2.24, 2.45) is 5.16 Å². The van der Waals surface area contributed by atoms with Crippen molar-refractivity contribution in [2.75, 3.05) is 10.0 Å². The van der Waals surface area contributed by atoms with Gasteiger partial charge in [-0.3, -0.25) is 9.73 Å². The molecule has 0 saturated carbocycles. The fourth-order valence-electron chi connectivity index (χ4n) is 4.21. The van der Waals surface area contributed by atoms with E-state index in [1.165, 1.54) is 10.3 Å². The minimum Gasteiger partial charge on any atom is -0.267 e. The van der Waals surface area contributed by atoms with E-state index in [-0.39, 0.29) is 5.91 Å². The molecule has 162 valence electrons. The molecule has 8 heteroatoms. The van der Waals surface area contributed by atoms with Crippen LogP contribution in [0, 0.1) is 27.7 Å². The second-order valence-corrected chi connectivity index (χ2v) is 8.67. The summed E-state index contributed by atoms with van der Waals surface area (Å²) in [6, 6.07) is 15.0. The SMILES string of the molecule is Cc1cccc(C(=O)N2c3ccccc3N3C(c4c(C)c(Cl)c(C)c(Cl)c4C)=NON23)c1. The lowest BCUT2D eigenvalue weighted by Gasteiger charge is -2.25. The summed E-state index contributed by atoms with van der Waals surface area (Å²) in [5.41, 5.74) is 6.27. The maximum absolute atomic E-state index is 13.5. The molecule has 0 N–H and O–H groups in total. The summed E-state index contributed by atoms with van der Waals surface area (Å²) in [5, 5.41) is 10.1. The minimum atomic E-state index is -0.228. The fourth-order valence-corrected chi connectivity index (χ4v) is 4.64. The number of halogens is 2. The molecule has 5 rings (SSSR count). The topological polar surface area (TPSA) is 48.4 Å². The molecule has 0 aliphatic carbocycles. The van der Waals surface area contributed by atoms with E-state index in [1.807, 2.05) is 70.2 Å². The molecule has 3 aromatic carbocycles. The van der Waals surface area contributed by atoms with Crippen molar-refractivity contribution in [3.8, 4) is 0 Å². The van der Waals surface area contributed by atoms with Crippen LogP contribution >= 0.6 is 23.2 Å². The molecule has 0 aromatic heterocycles. The summed E-state index contributed by atoms with van der Waals surface area (Å²) < 4.78 is 0. The first-order valence-corrected chi connectivity index (χ1v) is 10.9. The smallest absolute Gasteiger partial charge is 0.267 e. The molecule has 2 aliphatic rings. The molecule has 2 heterocycles. The van der Waals surface area contributed by atoms with E-state index >= 15 is 0 Å². The number of anilines is 2. The van der Waals surface area contributed by atoms with Crippen LogP contribution in [0.2, 0.25) is 10.0 Å². The average molecular weight is 467 g/mol. The second kappa shape index (κ2) is 7.52. The zero-order chi connectivity index (χ0) is 22.7. The van der Waals surface area contributed by atoms with Crippen molar-refractivity contribution < 1.29 is 9.73 Å². The molecule has 1 amide bonds.